The Bertz CT molecular complexity index is 749. The normalized spacial score (nSPS) is 12.2. The van der Waals surface area contributed by atoms with Gasteiger partial charge in [-0.1, -0.05) is 35.9 Å². The van der Waals surface area contributed by atoms with E-state index < -0.39 is 7.65 Å². The lowest BCUT2D eigenvalue weighted by Crippen LogP contribution is -1.75. The summed E-state index contributed by atoms with van der Waals surface area (Å²) < 4.78 is 17.3. The highest BCUT2D eigenvalue weighted by Crippen LogP contribution is 2.38. The van der Waals surface area contributed by atoms with E-state index in [0.717, 1.165) is 10.8 Å². The molecule has 0 aliphatic carbocycles. The zero-order valence-corrected chi connectivity index (χ0v) is 9.83. The zero-order chi connectivity index (χ0) is 11.1. The Labute approximate surface area is 97.3 Å². The monoisotopic (exact) mass is 249 g/mol. The fourth-order valence-electron chi connectivity index (χ4n) is 1.82. The lowest BCUT2D eigenvalue weighted by Gasteiger charge is -1.96. The van der Waals surface area contributed by atoms with E-state index in [4.69, 9.17) is 15.8 Å². The number of rotatable bonds is 0. The molecule has 3 aromatic rings. The molecule has 0 saturated carbocycles. The van der Waals surface area contributed by atoms with Crippen LogP contribution in [0, 0.1) is 0 Å². The third kappa shape index (κ3) is 1.35. The van der Waals surface area contributed by atoms with Gasteiger partial charge in [0.2, 0.25) is 0 Å². The number of halogens is 1. The Morgan fingerprint density at radius 2 is 1.75 bits per heavy atom. The Morgan fingerprint density at radius 3 is 2.62 bits per heavy atom. The molecular formula is C12H7ClO2P+. The highest BCUT2D eigenvalue weighted by Gasteiger charge is 2.18. The van der Waals surface area contributed by atoms with E-state index in [2.05, 4.69) is 0 Å². The van der Waals surface area contributed by atoms with Crippen molar-refractivity contribution < 1.29 is 8.76 Å². The molecule has 4 heteroatoms. The van der Waals surface area contributed by atoms with Crippen molar-refractivity contribution in [1.29, 1.82) is 0 Å². The summed E-state index contributed by atoms with van der Waals surface area (Å²) in [6, 6.07) is 13.0. The van der Waals surface area contributed by atoms with Crippen LogP contribution in [0.4, 0.5) is 0 Å². The Balaban J connectivity index is 2.71. The fraction of sp³-hybridized carbons (Fsp3) is 0. The summed E-state index contributed by atoms with van der Waals surface area (Å²) in [7, 11) is -1.90. The maximum Gasteiger partial charge on any atom is 0.599 e. The number of hydrogen-bond acceptors (Lipinski definition) is 2. The maximum atomic E-state index is 11.9. The lowest BCUT2D eigenvalue weighted by molar-refractivity contribution is 0.563. The van der Waals surface area contributed by atoms with E-state index in [1.807, 2.05) is 36.4 Å². The van der Waals surface area contributed by atoms with Gasteiger partial charge in [0.05, 0.1) is 5.02 Å². The molecule has 0 N–H and O–H groups in total. The molecule has 0 radical (unpaired) electrons. The van der Waals surface area contributed by atoms with Gasteiger partial charge in [0.25, 0.3) is 5.12 Å². The van der Waals surface area contributed by atoms with E-state index in [1.165, 1.54) is 0 Å². The van der Waals surface area contributed by atoms with Crippen LogP contribution in [0.1, 0.15) is 0 Å². The van der Waals surface area contributed by atoms with Gasteiger partial charge in [0.15, 0.2) is 5.58 Å². The molecule has 0 saturated heterocycles. The van der Waals surface area contributed by atoms with Crippen LogP contribution in [0.3, 0.4) is 0 Å². The summed E-state index contributed by atoms with van der Waals surface area (Å²) in [5.41, 5.74) is 0.651. The first-order valence-electron chi connectivity index (χ1n) is 4.80. The van der Waals surface area contributed by atoms with Crippen LogP contribution in [0.15, 0.2) is 46.7 Å². The SMILES string of the molecule is O=[p+]1oc2ccccc2c2cccc(Cl)c21. The number of para-hydroxylation sites is 1. The molecule has 0 aliphatic rings. The van der Waals surface area contributed by atoms with Gasteiger partial charge in [-0.15, -0.1) is 0 Å². The first kappa shape index (κ1) is 9.83. The molecule has 0 fully saturated rings. The molecule has 0 aliphatic heterocycles. The molecule has 3 rings (SSSR count). The van der Waals surface area contributed by atoms with Crippen molar-refractivity contribution in [2.45, 2.75) is 0 Å². The summed E-state index contributed by atoms with van der Waals surface area (Å²) >= 11 is 6.04. The van der Waals surface area contributed by atoms with Crippen LogP contribution in [-0.4, -0.2) is 0 Å². The molecule has 0 amide bonds. The van der Waals surface area contributed by atoms with Crippen molar-refractivity contribution in [3.05, 3.63) is 47.5 Å². The standard InChI is InChI=1S/C12H7ClO2P/c13-10-6-3-5-9-8-4-1-2-7-11(8)15-16(14)12(9)10/h1-7H/q+1. The van der Waals surface area contributed by atoms with Crippen molar-refractivity contribution in [3.63, 3.8) is 0 Å². The molecule has 2 aromatic carbocycles. The van der Waals surface area contributed by atoms with Gasteiger partial charge < -0.3 is 0 Å². The van der Waals surface area contributed by atoms with Crippen LogP contribution in [0.2, 0.25) is 5.02 Å². The van der Waals surface area contributed by atoms with Gasteiger partial charge >= 0.3 is 7.65 Å². The molecule has 16 heavy (non-hydrogen) atoms. The molecule has 2 nitrogen and oxygen atoms in total. The Hall–Kier alpha value is -1.37. The van der Waals surface area contributed by atoms with Crippen molar-refractivity contribution in [2.24, 2.45) is 0 Å². The minimum absolute atomic E-state index is 0.494. The second-order valence-corrected chi connectivity index (χ2v) is 5.03. The van der Waals surface area contributed by atoms with Crippen LogP contribution in [0.5, 0.6) is 0 Å². The first-order valence-corrected chi connectivity index (χ1v) is 6.36. The van der Waals surface area contributed by atoms with Gasteiger partial charge in [-0.25, -0.2) is 4.20 Å². The first-order chi connectivity index (χ1) is 7.77. The number of hydrogen-bond donors (Lipinski definition) is 0. The predicted molar refractivity (Wildman–Crippen MR) is 66.3 cm³/mol. The van der Waals surface area contributed by atoms with Crippen molar-refractivity contribution >= 4 is 40.7 Å². The van der Waals surface area contributed by atoms with Gasteiger partial charge in [0.1, 0.15) is 0 Å². The molecule has 78 valence electrons. The van der Waals surface area contributed by atoms with E-state index in [0.29, 0.717) is 15.7 Å². The molecule has 1 heterocycles. The maximum absolute atomic E-state index is 11.9. The Morgan fingerprint density at radius 1 is 1.00 bits per heavy atom. The average molecular weight is 250 g/mol. The predicted octanol–water partition coefficient (Wildman–Crippen LogP) is 4.98. The largest absolute Gasteiger partial charge is 0.599 e. The minimum Gasteiger partial charge on any atom is -0.250 e. The number of benzene rings is 2. The van der Waals surface area contributed by atoms with Gasteiger partial charge in [0, 0.05) is 10.8 Å². The third-order valence-corrected chi connectivity index (χ3v) is 4.18. The second-order valence-electron chi connectivity index (χ2n) is 3.48. The highest BCUT2D eigenvalue weighted by molar-refractivity contribution is 7.37. The Kier molecular flexibility index (Phi) is 2.20. The van der Waals surface area contributed by atoms with Crippen molar-refractivity contribution in [1.82, 2.24) is 0 Å². The van der Waals surface area contributed by atoms with E-state index in [9.17, 15) is 4.57 Å². The second kappa shape index (κ2) is 3.58. The van der Waals surface area contributed by atoms with Crippen LogP contribution < -0.4 is 0 Å². The van der Waals surface area contributed by atoms with E-state index >= 15 is 0 Å². The summed E-state index contributed by atoms with van der Waals surface area (Å²) in [6.45, 7) is 0. The quantitative estimate of drug-likeness (QED) is 0.526. The van der Waals surface area contributed by atoms with Crippen LogP contribution in [0.25, 0.3) is 21.5 Å². The van der Waals surface area contributed by atoms with Gasteiger partial charge in [-0.2, -0.15) is 0 Å². The topological polar surface area (TPSA) is 30.2 Å². The van der Waals surface area contributed by atoms with Crippen molar-refractivity contribution in [2.75, 3.05) is 0 Å². The summed E-state index contributed by atoms with van der Waals surface area (Å²) in [4.78, 5) is 0. The minimum atomic E-state index is -1.90. The van der Waals surface area contributed by atoms with E-state index in [-0.39, 0.29) is 0 Å². The smallest absolute Gasteiger partial charge is 0.250 e. The molecule has 0 bridgehead atoms. The molecular weight excluding hydrogens is 243 g/mol. The van der Waals surface area contributed by atoms with E-state index in [1.54, 1.807) is 6.07 Å². The third-order valence-electron chi connectivity index (χ3n) is 2.53. The van der Waals surface area contributed by atoms with Crippen LogP contribution in [-0.2, 0) is 4.57 Å². The summed E-state index contributed by atoms with van der Waals surface area (Å²) in [5, 5.41) is 2.93. The molecule has 0 spiro atoms. The van der Waals surface area contributed by atoms with Crippen molar-refractivity contribution in [3.8, 4) is 0 Å². The molecule has 1 aromatic heterocycles. The number of fused-ring (bicyclic) bond motifs is 3. The zero-order valence-electron chi connectivity index (χ0n) is 8.18. The molecule has 1 atom stereocenters. The van der Waals surface area contributed by atoms with Gasteiger partial charge in [-0.05, 0) is 22.8 Å². The summed E-state index contributed by atoms with van der Waals surface area (Å²) in [6.07, 6.45) is 0. The van der Waals surface area contributed by atoms with Crippen LogP contribution >= 0.6 is 19.3 Å². The lowest BCUT2D eigenvalue weighted by atomic mass is 10.1. The summed E-state index contributed by atoms with van der Waals surface area (Å²) in [5.74, 6) is 0. The average Bonchev–Trinajstić information content (AvgIpc) is 2.29. The van der Waals surface area contributed by atoms with Gasteiger partial charge in [-0.3, -0.25) is 0 Å². The molecule has 1 unspecified atom stereocenters. The fourth-order valence-corrected chi connectivity index (χ4v) is 3.27. The highest BCUT2D eigenvalue weighted by atomic mass is 35.5.